The number of aromatic carboxylic acids is 1. The predicted octanol–water partition coefficient (Wildman–Crippen LogP) is 3.50. The highest BCUT2D eigenvalue weighted by molar-refractivity contribution is 6.99. The molecule has 2 heterocycles. The van der Waals surface area contributed by atoms with E-state index in [1.54, 1.807) is 0 Å². The predicted molar refractivity (Wildman–Crippen MR) is 113 cm³/mol. The van der Waals surface area contributed by atoms with Crippen LogP contribution in [0, 0.1) is 0 Å². The van der Waals surface area contributed by atoms with Crippen LogP contribution in [0.15, 0.2) is 48.5 Å². The summed E-state index contributed by atoms with van der Waals surface area (Å²) in [5.41, 5.74) is 4.02. The Hall–Kier alpha value is -3.66. The molecule has 0 aliphatic rings. The number of carbonyl (C=O) groups is 1. The van der Waals surface area contributed by atoms with Gasteiger partial charge in [-0.1, -0.05) is 55.5 Å². The molecule has 2 aromatic heterocycles. The van der Waals surface area contributed by atoms with Gasteiger partial charge in [-0.25, -0.2) is 9.89 Å². The molecular weight excluding hydrogens is 402 g/mol. The number of H-pyrrole nitrogens is 1. The fraction of sp³-hybridized carbons (Fsp3) is 0.200. The van der Waals surface area contributed by atoms with Crippen molar-refractivity contribution in [3.63, 3.8) is 0 Å². The first kappa shape index (κ1) is 19.6. The van der Waals surface area contributed by atoms with Crippen molar-refractivity contribution in [2.45, 2.75) is 19.9 Å². The quantitative estimate of drug-likeness (QED) is 0.443. The zero-order chi connectivity index (χ0) is 20.9. The topological polar surface area (TPSA) is 121 Å². The largest absolute Gasteiger partial charge is 0.476 e. The molecule has 30 heavy (non-hydrogen) atoms. The maximum Gasteiger partial charge on any atom is 0.359 e. The lowest BCUT2D eigenvalue weighted by atomic mass is 9.98. The summed E-state index contributed by atoms with van der Waals surface area (Å²) in [6.07, 6.45) is 0.868. The number of anilines is 1. The molecule has 2 aromatic carbocycles. The number of carboxylic acids is 1. The first-order chi connectivity index (χ1) is 14.7. The van der Waals surface area contributed by atoms with Crippen LogP contribution in [-0.2, 0) is 6.54 Å². The van der Waals surface area contributed by atoms with Crippen molar-refractivity contribution < 1.29 is 9.90 Å². The summed E-state index contributed by atoms with van der Waals surface area (Å²) in [7, 11) is 0. The summed E-state index contributed by atoms with van der Waals surface area (Å²) < 4.78 is 8.13. The molecule has 0 aliphatic heterocycles. The van der Waals surface area contributed by atoms with E-state index < -0.39 is 5.97 Å². The van der Waals surface area contributed by atoms with E-state index >= 15 is 0 Å². The van der Waals surface area contributed by atoms with E-state index in [0.717, 1.165) is 40.4 Å². The molecule has 0 fully saturated rings. The first-order valence-corrected chi connectivity index (χ1v) is 10.1. The Morgan fingerprint density at radius 2 is 1.87 bits per heavy atom. The zero-order valence-electron chi connectivity index (χ0n) is 16.2. The van der Waals surface area contributed by atoms with Crippen molar-refractivity contribution in [3.05, 3.63) is 59.8 Å². The Labute approximate surface area is 176 Å². The molecular formula is C20H19N7O2S. The van der Waals surface area contributed by atoms with E-state index in [0.29, 0.717) is 24.7 Å². The minimum atomic E-state index is -1.06. The van der Waals surface area contributed by atoms with Crippen molar-refractivity contribution in [2.75, 3.05) is 11.4 Å². The normalized spacial score (nSPS) is 10.8. The molecule has 152 valence electrons. The Morgan fingerprint density at radius 1 is 1.10 bits per heavy atom. The van der Waals surface area contributed by atoms with E-state index in [9.17, 15) is 9.90 Å². The third kappa shape index (κ3) is 4.03. The van der Waals surface area contributed by atoms with Crippen molar-refractivity contribution in [2.24, 2.45) is 0 Å². The van der Waals surface area contributed by atoms with E-state index in [4.69, 9.17) is 0 Å². The number of aromatic nitrogens is 6. The third-order valence-electron chi connectivity index (χ3n) is 4.63. The second-order valence-corrected chi connectivity index (χ2v) is 7.18. The van der Waals surface area contributed by atoms with Gasteiger partial charge in [0.15, 0.2) is 11.6 Å². The lowest BCUT2D eigenvalue weighted by molar-refractivity contribution is 0.0692. The van der Waals surface area contributed by atoms with Gasteiger partial charge in [0.05, 0.1) is 11.7 Å². The van der Waals surface area contributed by atoms with Crippen LogP contribution in [0.25, 0.3) is 22.5 Å². The fourth-order valence-corrected chi connectivity index (χ4v) is 3.84. The molecule has 0 atom stereocenters. The lowest BCUT2D eigenvalue weighted by Crippen LogP contribution is -2.25. The summed E-state index contributed by atoms with van der Waals surface area (Å²) in [5, 5.41) is 23.5. The Morgan fingerprint density at radius 3 is 2.53 bits per heavy atom. The van der Waals surface area contributed by atoms with Gasteiger partial charge in [-0.2, -0.15) is 8.75 Å². The number of aromatic amines is 1. The van der Waals surface area contributed by atoms with Crippen LogP contribution >= 0.6 is 11.7 Å². The molecule has 0 saturated carbocycles. The average Bonchev–Trinajstić information content (AvgIpc) is 3.46. The summed E-state index contributed by atoms with van der Waals surface area (Å²) >= 11 is 0.918. The Bertz CT molecular complexity index is 1130. The van der Waals surface area contributed by atoms with Gasteiger partial charge >= 0.3 is 5.97 Å². The van der Waals surface area contributed by atoms with Crippen molar-refractivity contribution in [3.8, 4) is 22.5 Å². The van der Waals surface area contributed by atoms with E-state index in [1.165, 1.54) is 0 Å². The Balaban J connectivity index is 1.60. The Kier molecular flexibility index (Phi) is 5.75. The average molecular weight is 421 g/mol. The monoisotopic (exact) mass is 421 g/mol. The number of hydrogen-bond acceptors (Lipinski definition) is 8. The lowest BCUT2D eigenvalue weighted by Gasteiger charge is -2.22. The van der Waals surface area contributed by atoms with Gasteiger partial charge in [0, 0.05) is 18.7 Å². The number of benzene rings is 2. The number of nitrogens with one attached hydrogen (secondary N) is 1. The van der Waals surface area contributed by atoms with Crippen LogP contribution in [-0.4, -0.2) is 47.0 Å². The van der Waals surface area contributed by atoms with Crippen LogP contribution < -0.4 is 4.90 Å². The van der Waals surface area contributed by atoms with Crippen LogP contribution in [0.5, 0.6) is 0 Å². The van der Waals surface area contributed by atoms with Gasteiger partial charge in [0.25, 0.3) is 0 Å². The van der Waals surface area contributed by atoms with Gasteiger partial charge in [0.1, 0.15) is 0 Å². The molecule has 0 radical (unpaired) electrons. The number of hydrogen-bond donors (Lipinski definition) is 2. The summed E-state index contributed by atoms with van der Waals surface area (Å²) in [6.45, 7) is 3.29. The molecule has 4 aromatic rings. The van der Waals surface area contributed by atoms with Crippen LogP contribution in [0.1, 0.15) is 29.4 Å². The van der Waals surface area contributed by atoms with Gasteiger partial charge < -0.3 is 10.0 Å². The summed E-state index contributed by atoms with van der Waals surface area (Å²) in [4.78, 5) is 13.4. The smallest absolute Gasteiger partial charge is 0.359 e. The highest BCUT2D eigenvalue weighted by atomic mass is 32.1. The van der Waals surface area contributed by atoms with Crippen LogP contribution in [0.2, 0.25) is 0 Å². The van der Waals surface area contributed by atoms with Crippen LogP contribution in [0.3, 0.4) is 0 Å². The molecule has 9 nitrogen and oxygen atoms in total. The first-order valence-electron chi connectivity index (χ1n) is 9.40. The van der Waals surface area contributed by atoms with E-state index in [1.807, 2.05) is 60.4 Å². The fourth-order valence-electron chi connectivity index (χ4n) is 3.28. The van der Waals surface area contributed by atoms with Gasteiger partial charge in [-0.15, -0.1) is 5.10 Å². The molecule has 0 spiro atoms. The second kappa shape index (κ2) is 8.78. The molecule has 0 amide bonds. The molecule has 0 bridgehead atoms. The van der Waals surface area contributed by atoms with Crippen molar-refractivity contribution >= 4 is 23.5 Å². The molecule has 2 N–H and O–H groups in total. The van der Waals surface area contributed by atoms with Crippen molar-refractivity contribution in [1.29, 1.82) is 0 Å². The molecule has 0 aliphatic carbocycles. The second-order valence-electron chi connectivity index (χ2n) is 6.66. The van der Waals surface area contributed by atoms with Crippen LogP contribution in [0.4, 0.5) is 5.82 Å². The maximum absolute atomic E-state index is 11.4. The molecule has 0 saturated heterocycles. The highest BCUT2D eigenvalue weighted by Gasteiger charge is 2.21. The van der Waals surface area contributed by atoms with E-state index in [-0.39, 0.29) is 5.69 Å². The summed E-state index contributed by atoms with van der Waals surface area (Å²) in [5.74, 6) is -0.0312. The number of nitrogens with zero attached hydrogens (tertiary/aromatic N) is 6. The standard InChI is InChI=1S/C20H19N7O2S/c1-2-11-27(19-17(20(28)29)23-30-24-19)12-13-7-9-14(10-8-13)15-5-3-4-6-16(15)18-21-25-26-22-18/h3-10H,2,11-12H2,1H3,(H,28,29)(H,21,22,25,26). The van der Waals surface area contributed by atoms with Gasteiger partial charge in [-0.3, -0.25) is 0 Å². The van der Waals surface area contributed by atoms with Gasteiger partial charge in [-0.05, 0) is 33.5 Å². The van der Waals surface area contributed by atoms with Gasteiger partial charge in [0.2, 0.25) is 5.69 Å². The highest BCUT2D eigenvalue weighted by Crippen LogP contribution is 2.30. The minimum absolute atomic E-state index is 0.000311. The number of rotatable bonds is 8. The maximum atomic E-state index is 11.4. The molecule has 0 unspecified atom stereocenters. The zero-order valence-corrected chi connectivity index (χ0v) is 17.0. The summed E-state index contributed by atoms with van der Waals surface area (Å²) in [6, 6.07) is 16.1. The molecule has 4 rings (SSSR count). The van der Waals surface area contributed by atoms with Crippen molar-refractivity contribution in [1.82, 2.24) is 29.4 Å². The number of tetrazole rings is 1. The minimum Gasteiger partial charge on any atom is -0.476 e. The van der Waals surface area contributed by atoms with E-state index in [2.05, 4.69) is 29.4 Å². The third-order valence-corrected chi connectivity index (χ3v) is 5.15. The SMILES string of the molecule is CCCN(Cc1ccc(-c2ccccc2-c2nnn[nH]2)cc1)c1nsnc1C(=O)O. The number of carboxylic acid groups (broad SMARTS) is 1. The molecule has 10 heteroatoms.